The van der Waals surface area contributed by atoms with Gasteiger partial charge in [-0.2, -0.15) is 18.3 Å². The Hall–Kier alpha value is -1.96. The topological polar surface area (TPSA) is 57.8 Å². The molecule has 0 radical (unpaired) electrons. The second-order valence-corrected chi connectivity index (χ2v) is 5.73. The number of carbonyl (C=O) groups excluding carboxylic acids is 1. The van der Waals surface area contributed by atoms with E-state index in [1.165, 1.54) is 7.05 Å². The smallest absolute Gasteiger partial charge is 0.355 e. The lowest BCUT2D eigenvalue weighted by Crippen LogP contribution is -2.22. The van der Waals surface area contributed by atoms with Crippen LogP contribution in [0.5, 0.6) is 0 Å². The van der Waals surface area contributed by atoms with Crippen molar-refractivity contribution in [2.45, 2.75) is 30.3 Å². The molecule has 23 heavy (non-hydrogen) atoms. The fraction of sp³-hybridized carbons (Fsp3) is 0.333. The highest BCUT2D eigenvalue weighted by atomic mass is 32.2. The molecule has 0 saturated heterocycles. The van der Waals surface area contributed by atoms with E-state index in [-0.39, 0.29) is 5.03 Å². The van der Waals surface area contributed by atoms with Crippen molar-refractivity contribution in [3.05, 3.63) is 46.6 Å². The molecule has 8 heteroatoms. The van der Waals surface area contributed by atoms with Crippen LogP contribution in [-0.4, -0.2) is 23.2 Å². The minimum Gasteiger partial charge on any atom is -0.355 e. The second-order valence-electron chi connectivity index (χ2n) is 4.77. The van der Waals surface area contributed by atoms with Crippen molar-refractivity contribution in [2.24, 2.45) is 0 Å². The molecule has 0 fully saturated rings. The number of nitrogens with one attached hydrogen (secondary N) is 2. The summed E-state index contributed by atoms with van der Waals surface area (Å²) in [7, 11) is 1.29. The van der Waals surface area contributed by atoms with Gasteiger partial charge in [0.2, 0.25) is 0 Å². The molecule has 4 nitrogen and oxygen atoms in total. The van der Waals surface area contributed by atoms with Crippen molar-refractivity contribution < 1.29 is 18.0 Å². The lowest BCUT2D eigenvalue weighted by atomic mass is 10.1. The Morgan fingerprint density at radius 1 is 1.30 bits per heavy atom. The van der Waals surface area contributed by atoms with Gasteiger partial charge >= 0.3 is 6.18 Å². The van der Waals surface area contributed by atoms with Gasteiger partial charge in [-0.1, -0.05) is 43.0 Å². The first-order valence-corrected chi connectivity index (χ1v) is 7.94. The van der Waals surface area contributed by atoms with E-state index in [2.05, 4.69) is 10.4 Å². The van der Waals surface area contributed by atoms with Crippen LogP contribution < -0.4 is 5.32 Å². The van der Waals surface area contributed by atoms with Gasteiger partial charge in [0.1, 0.15) is 10.6 Å². The lowest BCUT2D eigenvalue weighted by molar-refractivity contribution is -0.141. The first kappa shape index (κ1) is 17.4. The molecular weight excluding hydrogens is 327 g/mol. The molecular formula is C15H16F3N3OS. The Morgan fingerprint density at radius 3 is 2.52 bits per heavy atom. The number of thioether (sulfide) groups is 1. The summed E-state index contributed by atoms with van der Waals surface area (Å²) < 4.78 is 38.9. The molecule has 2 N–H and O–H groups in total. The number of hydrogen-bond acceptors (Lipinski definition) is 3. The van der Waals surface area contributed by atoms with Gasteiger partial charge in [0, 0.05) is 12.8 Å². The van der Waals surface area contributed by atoms with Gasteiger partial charge in [-0.05, 0) is 17.5 Å². The standard InChI is InChI=1S/C15H16F3N3OS/c1-3-9-6-4-5-7-10(9)8-23-14-11(13(22)19-2)12(20-21-14)15(16,17)18/h4-7H,3,8H2,1-2H3,(H,19,22)(H,20,21). The molecule has 124 valence electrons. The van der Waals surface area contributed by atoms with E-state index in [0.717, 1.165) is 29.3 Å². The zero-order valence-electron chi connectivity index (χ0n) is 12.6. The average molecular weight is 343 g/mol. The molecule has 0 atom stereocenters. The zero-order valence-corrected chi connectivity index (χ0v) is 13.4. The van der Waals surface area contributed by atoms with Crippen LogP contribution in [0.15, 0.2) is 29.3 Å². The fourth-order valence-electron chi connectivity index (χ4n) is 2.16. The molecule has 2 rings (SSSR count). The number of rotatable bonds is 5. The van der Waals surface area contributed by atoms with Crippen LogP contribution >= 0.6 is 11.8 Å². The third kappa shape index (κ3) is 3.87. The average Bonchev–Trinajstić information content (AvgIpc) is 2.96. The first-order valence-electron chi connectivity index (χ1n) is 6.95. The number of nitrogens with zero attached hydrogens (tertiary/aromatic N) is 1. The monoisotopic (exact) mass is 343 g/mol. The highest BCUT2D eigenvalue weighted by Crippen LogP contribution is 2.35. The highest BCUT2D eigenvalue weighted by Gasteiger charge is 2.39. The van der Waals surface area contributed by atoms with Crippen molar-refractivity contribution in [3.63, 3.8) is 0 Å². The normalized spacial score (nSPS) is 11.5. The molecule has 1 amide bonds. The Kier molecular flexibility index (Phi) is 5.35. The van der Waals surface area contributed by atoms with Crippen LogP contribution in [0.2, 0.25) is 0 Å². The number of alkyl halides is 3. The molecule has 0 spiro atoms. The quantitative estimate of drug-likeness (QED) is 0.815. The zero-order chi connectivity index (χ0) is 17.0. The molecule has 1 aromatic carbocycles. The van der Waals surface area contributed by atoms with Crippen molar-refractivity contribution >= 4 is 17.7 Å². The number of carbonyl (C=O) groups is 1. The molecule has 1 heterocycles. The first-order chi connectivity index (χ1) is 10.9. The molecule has 0 unspecified atom stereocenters. The molecule has 0 saturated carbocycles. The minimum atomic E-state index is -4.66. The number of aryl methyl sites for hydroxylation is 1. The number of halogens is 3. The van der Waals surface area contributed by atoms with Crippen LogP contribution in [0.25, 0.3) is 0 Å². The highest BCUT2D eigenvalue weighted by molar-refractivity contribution is 7.98. The molecule has 2 aromatic rings. The molecule has 0 bridgehead atoms. The SMILES string of the molecule is CCc1ccccc1CSc1n[nH]c(C(F)(F)F)c1C(=O)NC. The second kappa shape index (κ2) is 7.08. The molecule has 1 aromatic heterocycles. The van der Waals surface area contributed by atoms with Gasteiger partial charge in [0.05, 0.1) is 0 Å². The Labute approximate surface area is 135 Å². The molecule has 0 aliphatic heterocycles. The number of amides is 1. The van der Waals surface area contributed by atoms with Crippen molar-refractivity contribution in [3.8, 4) is 0 Å². The van der Waals surface area contributed by atoms with Gasteiger partial charge in [-0.25, -0.2) is 0 Å². The number of aromatic nitrogens is 2. The summed E-state index contributed by atoms with van der Waals surface area (Å²) in [5.74, 6) is -0.367. The number of aromatic amines is 1. The Morgan fingerprint density at radius 2 is 1.96 bits per heavy atom. The summed E-state index contributed by atoms with van der Waals surface area (Å²) in [6.45, 7) is 2.01. The van der Waals surface area contributed by atoms with Gasteiger partial charge in [-0.15, -0.1) is 0 Å². The summed E-state index contributed by atoms with van der Waals surface area (Å²) >= 11 is 1.11. The number of benzene rings is 1. The summed E-state index contributed by atoms with van der Waals surface area (Å²) in [6, 6.07) is 7.68. The van der Waals surface area contributed by atoms with Gasteiger partial charge in [0.15, 0.2) is 5.69 Å². The summed E-state index contributed by atoms with van der Waals surface area (Å²) in [4.78, 5) is 11.8. The van der Waals surface area contributed by atoms with Crippen LogP contribution in [0.3, 0.4) is 0 Å². The van der Waals surface area contributed by atoms with E-state index in [4.69, 9.17) is 0 Å². The third-order valence-electron chi connectivity index (χ3n) is 3.33. The summed E-state index contributed by atoms with van der Waals surface area (Å²) in [6.07, 6.45) is -3.83. The lowest BCUT2D eigenvalue weighted by Gasteiger charge is -2.08. The van der Waals surface area contributed by atoms with E-state index in [1.807, 2.05) is 36.3 Å². The van der Waals surface area contributed by atoms with E-state index < -0.39 is 23.3 Å². The molecule has 0 aliphatic rings. The van der Waals surface area contributed by atoms with E-state index in [1.54, 1.807) is 0 Å². The maximum atomic E-state index is 13.0. The van der Waals surface area contributed by atoms with Crippen molar-refractivity contribution in [1.82, 2.24) is 15.5 Å². The minimum absolute atomic E-state index is 0.0441. The summed E-state index contributed by atoms with van der Waals surface area (Å²) in [5.41, 5.74) is 0.551. The van der Waals surface area contributed by atoms with E-state index >= 15 is 0 Å². The number of hydrogen-bond donors (Lipinski definition) is 2. The van der Waals surface area contributed by atoms with E-state index in [0.29, 0.717) is 5.75 Å². The Balaban J connectivity index is 2.30. The third-order valence-corrected chi connectivity index (χ3v) is 4.36. The van der Waals surface area contributed by atoms with Crippen molar-refractivity contribution in [2.75, 3.05) is 7.05 Å². The van der Waals surface area contributed by atoms with Crippen LogP contribution in [0.1, 0.15) is 34.1 Å². The maximum absolute atomic E-state index is 13.0. The Bertz CT molecular complexity index is 698. The van der Waals surface area contributed by atoms with Crippen LogP contribution in [0.4, 0.5) is 13.2 Å². The van der Waals surface area contributed by atoms with Gasteiger partial charge in [-0.3, -0.25) is 9.89 Å². The predicted octanol–water partition coefficient (Wildman–Crippen LogP) is 3.64. The van der Waals surface area contributed by atoms with Gasteiger partial charge < -0.3 is 5.32 Å². The van der Waals surface area contributed by atoms with E-state index in [9.17, 15) is 18.0 Å². The number of H-pyrrole nitrogens is 1. The fourth-order valence-corrected chi connectivity index (χ4v) is 3.18. The van der Waals surface area contributed by atoms with Crippen LogP contribution in [-0.2, 0) is 18.3 Å². The maximum Gasteiger partial charge on any atom is 0.433 e. The van der Waals surface area contributed by atoms with Crippen LogP contribution in [0, 0.1) is 0 Å². The van der Waals surface area contributed by atoms with Crippen molar-refractivity contribution in [1.29, 1.82) is 0 Å². The largest absolute Gasteiger partial charge is 0.433 e. The molecule has 0 aliphatic carbocycles. The predicted molar refractivity (Wildman–Crippen MR) is 82.4 cm³/mol. The van der Waals surface area contributed by atoms with Gasteiger partial charge in [0.25, 0.3) is 5.91 Å². The summed E-state index contributed by atoms with van der Waals surface area (Å²) in [5, 5.41) is 7.89.